The maximum absolute atomic E-state index is 13.0. The Kier molecular flexibility index (Phi) is 5.42. The molecule has 0 aromatic heterocycles. The van der Waals surface area contributed by atoms with Gasteiger partial charge in [0.15, 0.2) is 0 Å². The van der Waals surface area contributed by atoms with Crippen LogP contribution in [0.15, 0.2) is 42.5 Å². The lowest BCUT2D eigenvalue weighted by molar-refractivity contribution is -0.143. The molecule has 0 bridgehead atoms. The van der Waals surface area contributed by atoms with Crippen molar-refractivity contribution in [2.75, 3.05) is 36.4 Å². The highest BCUT2D eigenvalue weighted by Gasteiger charge is 2.26. The highest BCUT2D eigenvalue weighted by molar-refractivity contribution is 6.39. The predicted octanol–water partition coefficient (Wildman–Crippen LogP) is 3.07. The Hall–Kier alpha value is -2.60. The number of nitrogens with zero attached hydrogens (tertiary/aromatic N) is 2. The Morgan fingerprint density at radius 1 is 1.04 bits per heavy atom. The molecule has 2 aromatic carbocycles. The van der Waals surface area contributed by atoms with Crippen molar-refractivity contribution in [1.29, 1.82) is 0 Å². The molecule has 26 heavy (non-hydrogen) atoms. The van der Waals surface area contributed by atoms with Crippen LogP contribution in [0.2, 0.25) is 5.02 Å². The molecule has 0 aliphatic carbocycles. The van der Waals surface area contributed by atoms with E-state index in [2.05, 4.69) is 10.2 Å². The smallest absolute Gasteiger partial charge is 0.313 e. The largest absolute Gasteiger partial charge is 0.368 e. The van der Waals surface area contributed by atoms with Gasteiger partial charge in [-0.25, -0.2) is 4.39 Å². The molecule has 5 nitrogen and oxygen atoms in total. The summed E-state index contributed by atoms with van der Waals surface area (Å²) in [7, 11) is 0. The van der Waals surface area contributed by atoms with E-state index in [1.165, 1.54) is 17.0 Å². The Labute approximate surface area is 156 Å². The average molecular weight is 376 g/mol. The number of anilines is 2. The van der Waals surface area contributed by atoms with Gasteiger partial charge in [-0.3, -0.25) is 9.59 Å². The molecule has 0 atom stereocenters. The summed E-state index contributed by atoms with van der Waals surface area (Å²) in [5, 5.41) is 3.21. The number of piperazine rings is 1. The van der Waals surface area contributed by atoms with Crippen molar-refractivity contribution in [1.82, 2.24) is 4.90 Å². The number of carbonyl (C=O) groups excluding carboxylic acids is 2. The standard InChI is InChI=1S/C19H19ClFN3O2/c1-13-12-14(20)2-7-17(13)22-18(25)19(26)24-10-8-23(9-11-24)16-5-3-15(21)4-6-16/h2-7,12H,8-11H2,1H3,(H,22,25). The van der Waals surface area contributed by atoms with Gasteiger partial charge < -0.3 is 15.1 Å². The lowest BCUT2D eigenvalue weighted by atomic mass is 10.2. The molecule has 1 fully saturated rings. The first kappa shape index (κ1) is 18.2. The monoisotopic (exact) mass is 375 g/mol. The van der Waals surface area contributed by atoms with Crippen molar-refractivity contribution in [3.8, 4) is 0 Å². The molecule has 136 valence electrons. The van der Waals surface area contributed by atoms with E-state index in [9.17, 15) is 14.0 Å². The van der Waals surface area contributed by atoms with Gasteiger partial charge in [-0.15, -0.1) is 0 Å². The Balaban J connectivity index is 1.57. The maximum atomic E-state index is 13.0. The zero-order valence-corrected chi connectivity index (χ0v) is 15.1. The molecule has 7 heteroatoms. The number of benzene rings is 2. The highest BCUT2D eigenvalue weighted by atomic mass is 35.5. The third-order valence-corrected chi connectivity index (χ3v) is 4.62. The normalized spacial score (nSPS) is 14.3. The number of hydrogen-bond donors (Lipinski definition) is 1. The summed E-state index contributed by atoms with van der Waals surface area (Å²) in [6.07, 6.45) is 0. The molecule has 3 rings (SSSR count). The molecular formula is C19H19ClFN3O2. The van der Waals surface area contributed by atoms with E-state index in [4.69, 9.17) is 11.6 Å². The minimum atomic E-state index is -0.661. The molecule has 0 spiro atoms. The van der Waals surface area contributed by atoms with Crippen molar-refractivity contribution < 1.29 is 14.0 Å². The predicted molar refractivity (Wildman–Crippen MR) is 100 cm³/mol. The van der Waals surface area contributed by atoms with E-state index in [0.717, 1.165) is 11.3 Å². The zero-order chi connectivity index (χ0) is 18.7. The second-order valence-electron chi connectivity index (χ2n) is 6.17. The van der Waals surface area contributed by atoms with Gasteiger partial charge in [-0.2, -0.15) is 0 Å². The van der Waals surface area contributed by atoms with E-state index >= 15 is 0 Å². The molecule has 1 heterocycles. The van der Waals surface area contributed by atoms with Crippen LogP contribution in [0.1, 0.15) is 5.56 Å². The van der Waals surface area contributed by atoms with Crippen LogP contribution in [-0.2, 0) is 9.59 Å². The summed E-state index contributed by atoms with van der Waals surface area (Å²) >= 11 is 5.90. The van der Waals surface area contributed by atoms with Crippen LogP contribution in [0.25, 0.3) is 0 Å². The van der Waals surface area contributed by atoms with Gasteiger partial charge >= 0.3 is 11.8 Å². The number of nitrogens with one attached hydrogen (secondary N) is 1. The lowest BCUT2D eigenvalue weighted by Crippen LogP contribution is -2.51. The van der Waals surface area contributed by atoms with Crippen molar-refractivity contribution in [2.24, 2.45) is 0 Å². The molecule has 2 aromatic rings. The summed E-state index contributed by atoms with van der Waals surface area (Å²) in [4.78, 5) is 28.2. The van der Waals surface area contributed by atoms with Gasteiger partial charge in [-0.1, -0.05) is 11.6 Å². The Morgan fingerprint density at radius 3 is 2.31 bits per heavy atom. The zero-order valence-electron chi connectivity index (χ0n) is 14.3. The van der Waals surface area contributed by atoms with Gasteiger partial charge in [0.2, 0.25) is 0 Å². The van der Waals surface area contributed by atoms with E-state index in [1.54, 1.807) is 30.3 Å². The van der Waals surface area contributed by atoms with E-state index in [1.807, 2.05) is 6.92 Å². The molecule has 1 saturated heterocycles. The molecule has 1 aliphatic rings. The van der Waals surface area contributed by atoms with Gasteiger partial charge in [0.1, 0.15) is 5.82 Å². The summed E-state index contributed by atoms with van der Waals surface area (Å²) in [5.41, 5.74) is 2.26. The topological polar surface area (TPSA) is 52.7 Å². The van der Waals surface area contributed by atoms with Gasteiger partial charge in [0.25, 0.3) is 0 Å². The van der Waals surface area contributed by atoms with Gasteiger partial charge in [0, 0.05) is 42.6 Å². The summed E-state index contributed by atoms with van der Waals surface area (Å²) in [6.45, 7) is 3.86. The van der Waals surface area contributed by atoms with Gasteiger partial charge in [0.05, 0.1) is 0 Å². The Bertz CT molecular complexity index is 818. The maximum Gasteiger partial charge on any atom is 0.313 e. The van der Waals surface area contributed by atoms with Crippen LogP contribution in [0.5, 0.6) is 0 Å². The van der Waals surface area contributed by atoms with Crippen LogP contribution in [0, 0.1) is 12.7 Å². The van der Waals surface area contributed by atoms with Crippen molar-refractivity contribution in [3.05, 3.63) is 58.9 Å². The minimum Gasteiger partial charge on any atom is -0.368 e. The fourth-order valence-electron chi connectivity index (χ4n) is 2.91. The number of rotatable bonds is 2. The van der Waals surface area contributed by atoms with Crippen molar-refractivity contribution >= 4 is 34.8 Å². The van der Waals surface area contributed by atoms with Crippen LogP contribution >= 0.6 is 11.6 Å². The molecule has 0 radical (unpaired) electrons. The quantitative estimate of drug-likeness (QED) is 0.821. The molecule has 0 unspecified atom stereocenters. The van der Waals surface area contributed by atoms with Crippen LogP contribution in [0.4, 0.5) is 15.8 Å². The number of aryl methyl sites for hydroxylation is 1. The fourth-order valence-corrected chi connectivity index (χ4v) is 3.13. The van der Waals surface area contributed by atoms with E-state index in [0.29, 0.717) is 36.9 Å². The van der Waals surface area contributed by atoms with E-state index < -0.39 is 11.8 Å². The SMILES string of the molecule is Cc1cc(Cl)ccc1NC(=O)C(=O)N1CCN(c2ccc(F)cc2)CC1. The number of carbonyl (C=O) groups is 2. The highest BCUT2D eigenvalue weighted by Crippen LogP contribution is 2.20. The van der Waals surface area contributed by atoms with Gasteiger partial charge in [-0.05, 0) is 55.0 Å². The second-order valence-corrected chi connectivity index (χ2v) is 6.61. The second kappa shape index (κ2) is 7.74. The third kappa shape index (κ3) is 4.14. The fraction of sp³-hybridized carbons (Fsp3) is 0.263. The van der Waals surface area contributed by atoms with Crippen LogP contribution in [-0.4, -0.2) is 42.9 Å². The molecule has 0 saturated carbocycles. The summed E-state index contributed by atoms with van der Waals surface area (Å²) < 4.78 is 13.0. The van der Waals surface area contributed by atoms with Crippen molar-refractivity contribution in [3.63, 3.8) is 0 Å². The molecular weight excluding hydrogens is 357 g/mol. The van der Waals surface area contributed by atoms with Crippen molar-refractivity contribution in [2.45, 2.75) is 6.92 Å². The first-order valence-electron chi connectivity index (χ1n) is 8.31. The first-order valence-corrected chi connectivity index (χ1v) is 8.69. The minimum absolute atomic E-state index is 0.281. The van der Waals surface area contributed by atoms with E-state index in [-0.39, 0.29) is 5.82 Å². The molecule has 1 aliphatic heterocycles. The summed E-state index contributed by atoms with van der Waals surface area (Å²) in [6, 6.07) is 11.3. The number of hydrogen-bond acceptors (Lipinski definition) is 3. The number of amides is 2. The lowest BCUT2D eigenvalue weighted by Gasteiger charge is -2.35. The van der Waals surface area contributed by atoms with Crippen LogP contribution in [0.3, 0.4) is 0 Å². The average Bonchev–Trinajstić information content (AvgIpc) is 2.64. The first-order chi connectivity index (χ1) is 12.4. The third-order valence-electron chi connectivity index (χ3n) is 4.39. The van der Waals surface area contributed by atoms with Crippen LogP contribution < -0.4 is 10.2 Å². The molecule has 1 N–H and O–H groups in total. The summed E-state index contributed by atoms with van der Waals surface area (Å²) in [5.74, 6) is -1.50. The number of halogens is 2. The Morgan fingerprint density at radius 2 is 1.69 bits per heavy atom. The molecule has 2 amide bonds.